The molecule has 0 bridgehead atoms. The molecule has 0 spiro atoms. The Hall–Kier alpha value is -1.92. The molecule has 2 aromatic rings. The summed E-state index contributed by atoms with van der Waals surface area (Å²) in [5, 5.41) is 3.83. The number of nitrogens with one attached hydrogen (secondary N) is 1. The van der Waals surface area contributed by atoms with E-state index in [1.165, 1.54) is 11.3 Å². The first-order valence-corrected chi connectivity index (χ1v) is 8.03. The van der Waals surface area contributed by atoms with Crippen molar-refractivity contribution < 1.29 is 14.3 Å². The molecule has 5 nitrogen and oxygen atoms in total. The molecule has 0 fully saturated rings. The topological polar surface area (TPSA) is 60.5 Å². The quantitative estimate of drug-likeness (QED) is 0.758. The van der Waals surface area contributed by atoms with Crippen molar-refractivity contribution >= 4 is 22.9 Å². The Kier molecular flexibility index (Phi) is 6.36. The molecule has 6 heteroatoms. The van der Waals surface area contributed by atoms with E-state index in [0.29, 0.717) is 29.5 Å². The number of aromatic nitrogens is 1. The summed E-state index contributed by atoms with van der Waals surface area (Å²) in [7, 11) is 1.66. The number of nitrogens with zero attached hydrogens (tertiary/aromatic N) is 1. The molecule has 1 N–H and O–H groups in total. The number of thiazole rings is 1. The highest BCUT2D eigenvalue weighted by Crippen LogP contribution is 2.25. The fourth-order valence-electron chi connectivity index (χ4n) is 1.84. The van der Waals surface area contributed by atoms with Gasteiger partial charge in [0.05, 0.1) is 23.5 Å². The normalized spacial score (nSPS) is 10.5. The monoisotopic (exact) mass is 320 g/mol. The number of rotatable bonds is 8. The maximum Gasteiger partial charge on any atom is 0.267 e. The molecule has 22 heavy (non-hydrogen) atoms. The van der Waals surface area contributed by atoms with Crippen molar-refractivity contribution in [1.29, 1.82) is 0 Å². The van der Waals surface area contributed by atoms with Crippen LogP contribution >= 0.6 is 11.3 Å². The van der Waals surface area contributed by atoms with Gasteiger partial charge in [-0.1, -0.05) is 19.1 Å². The molecule has 0 aliphatic carbocycles. The van der Waals surface area contributed by atoms with Gasteiger partial charge in [0, 0.05) is 20.1 Å². The Morgan fingerprint density at radius 1 is 1.32 bits per heavy atom. The zero-order valence-corrected chi connectivity index (χ0v) is 13.6. The lowest BCUT2D eigenvalue weighted by molar-refractivity contribution is 0.102. The van der Waals surface area contributed by atoms with Gasteiger partial charge in [0.15, 0.2) is 0 Å². The van der Waals surface area contributed by atoms with Gasteiger partial charge >= 0.3 is 0 Å². The summed E-state index contributed by atoms with van der Waals surface area (Å²) in [5.74, 6) is 0.498. The number of carbonyl (C=O) groups is 1. The van der Waals surface area contributed by atoms with E-state index < -0.39 is 0 Å². The van der Waals surface area contributed by atoms with Crippen molar-refractivity contribution in [2.45, 2.75) is 19.8 Å². The minimum Gasteiger partial charge on any atom is -0.491 e. The number of aryl methyl sites for hydroxylation is 1. The van der Waals surface area contributed by atoms with Crippen LogP contribution in [0.1, 0.15) is 28.0 Å². The Morgan fingerprint density at radius 2 is 2.14 bits per heavy atom. The van der Waals surface area contributed by atoms with E-state index >= 15 is 0 Å². The number of methoxy groups -OCH3 is 1. The van der Waals surface area contributed by atoms with E-state index in [0.717, 1.165) is 17.8 Å². The lowest BCUT2D eigenvalue weighted by atomic mass is 10.3. The van der Waals surface area contributed by atoms with Crippen molar-refractivity contribution in [1.82, 2.24) is 4.98 Å². The summed E-state index contributed by atoms with van der Waals surface area (Å²) in [6, 6.07) is 7.41. The number of hydrogen-bond donors (Lipinski definition) is 1. The van der Waals surface area contributed by atoms with Gasteiger partial charge in [-0.2, -0.15) is 0 Å². The van der Waals surface area contributed by atoms with Crippen LogP contribution in [-0.4, -0.2) is 31.2 Å². The van der Waals surface area contributed by atoms with E-state index in [1.54, 1.807) is 13.3 Å². The maximum atomic E-state index is 12.3. The number of hydrogen-bond acceptors (Lipinski definition) is 5. The molecule has 1 amide bonds. The number of ether oxygens (including phenoxy) is 2. The Morgan fingerprint density at radius 3 is 2.86 bits per heavy atom. The predicted molar refractivity (Wildman–Crippen MR) is 87.9 cm³/mol. The molecule has 118 valence electrons. The van der Waals surface area contributed by atoms with Gasteiger partial charge < -0.3 is 14.8 Å². The molecule has 0 aliphatic heterocycles. The van der Waals surface area contributed by atoms with Crippen LogP contribution in [0, 0.1) is 0 Å². The van der Waals surface area contributed by atoms with Crippen LogP contribution in [0.2, 0.25) is 0 Å². The summed E-state index contributed by atoms with van der Waals surface area (Å²) >= 11 is 1.41. The van der Waals surface area contributed by atoms with Crippen molar-refractivity contribution in [3.8, 4) is 5.75 Å². The van der Waals surface area contributed by atoms with Crippen molar-refractivity contribution in [2.75, 3.05) is 25.6 Å². The van der Waals surface area contributed by atoms with Gasteiger partial charge in [-0.25, -0.2) is 4.98 Å². The summed E-state index contributed by atoms with van der Waals surface area (Å²) in [6.07, 6.45) is 3.24. The summed E-state index contributed by atoms with van der Waals surface area (Å²) in [5.41, 5.74) is 0.663. The number of benzene rings is 1. The van der Waals surface area contributed by atoms with E-state index in [9.17, 15) is 4.79 Å². The number of anilines is 1. The average Bonchev–Trinajstić information content (AvgIpc) is 3.02. The third-order valence-electron chi connectivity index (χ3n) is 2.97. The van der Waals surface area contributed by atoms with Gasteiger partial charge in [0.2, 0.25) is 0 Å². The molecular weight excluding hydrogens is 300 g/mol. The van der Waals surface area contributed by atoms with Gasteiger partial charge in [0.25, 0.3) is 5.91 Å². The lowest BCUT2D eigenvalue weighted by Gasteiger charge is -2.11. The lowest BCUT2D eigenvalue weighted by Crippen LogP contribution is -2.12. The van der Waals surface area contributed by atoms with Crippen LogP contribution in [0.25, 0.3) is 0 Å². The highest BCUT2D eigenvalue weighted by atomic mass is 32.1. The minimum absolute atomic E-state index is 0.162. The number of para-hydroxylation sites is 2. The number of amides is 1. The largest absolute Gasteiger partial charge is 0.491 e. The van der Waals surface area contributed by atoms with Crippen molar-refractivity contribution in [3.63, 3.8) is 0 Å². The van der Waals surface area contributed by atoms with Crippen LogP contribution in [0.3, 0.4) is 0 Å². The smallest absolute Gasteiger partial charge is 0.267 e. The van der Waals surface area contributed by atoms with Crippen LogP contribution in [0.15, 0.2) is 30.5 Å². The molecule has 0 aliphatic rings. The third kappa shape index (κ3) is 4.54. The molecule has 2 rings (SSSR count). The van der Waals surface area contributed by atoms with Crippen LogP contribution in [-0.2, 0) is 11.2 Å². The molecule has 0 saturated heterocycles. The zero-order chi connectivity index (χ0) is 15.8. The second kappa shape index (κ2) is 8.51. The summed E-state index contributed by atoms with van der Waals surface area (Å²) in [4.78, 5) is 17.1. The first-order chi connectivity index (χ1) is 10.7. The van der Waals surface area contributed by atoms with Crippen LogP contribution < -0.4 is 10.1 Å². The average molecular weight is 320 g/mol. The second-order valence-electron chi connectivity index (χ2n) is 4.62. The molecule has 1 heterocycles. The molecule has 0 radical (unpaired) electrons. The Balaban J connectivity index is 2.00. The third-order valence-corrected chi connectivity index (χ3v) is 4.11. The van der Waals surface area contributed by atoms with E-state index in [4.69, 9.17) is 9.47 Å². The molecule has 0 unspecified atom stereocenters. The minimum atomic E-state index is -0.162. The molecule has 0 saturated carbocycles. The standard InChI is InChI=1S/C16H20N2O3S/c1-3-15-17-11-14(22-15)16(19)18-12-7-4-5-8-13(12)21-10-6-9-20-2/h4-5,7-8,11H,3,6,9-10H2,1-2H3,(H,18,19). The Labute approximate surface area is 134 Å². The van der Waals surface area contributed by atoms with Gasteiger partial charge in [-0.05, 0) is 18.6 Å². The summed E-state index contributed by atoms with van der Waals surface area (Å²) in [6.45, 7) is 3.21. The molecular formula is C16H20N2O3S. The first kappa shape index (κ1) is 16.5. The second-order valence-corrected chi connectivity index (χ2v) is 5.73. The SMILES string of the molecule is CCc1ncc(C(=O)Nc2ccccc2OCCCOC)s1. The van der Waals surface area contributed by atoms with E-state index in [-0.39, 0.29) is 5.91 Å². The van der Waals surface area contributed by atoms with Crippen molar-refractivity contribution in [3.05, 3.63) is 40.3 Å². The van der Waals surface area contributed by atoms with Gasteiger partial charge in [0.1, 0.15) is 10.6 Å². The summed E-state index contributed by atoms with van der Waals surface area (Å²) < 4.78 is 10.7. The number of carbonyl (C=O) groups excluding carboxylic acids is 1. The fourth-order valence-corrected chi connectivity index (χ4v) is 2.60. The molecule has 0 atom stereocenters. The van der Waals surface area contributed by atoms with Gasteiger partial charge in [-0.15, -0.1) is 11.3 Å². The zero-order valence-electron chi connectivity index (χ0n) is 12.8. The maximum absolute atomic E-state index is 12.3. The van der Waals surface area contributed by atoms with Gasteiger partial charge in [-0.3, -0.25) is 4.79 Å². The predicted octanol–water partition coefficient (Wildman–Crippen LogP) is 3.37. The Bertz CT molecular complexity index is 613. The highest BCUT2D eigenvalue weighted by molar-refractivity contribution is 7.13. The van der Waals surface area contributed by atoms with E-state index in [1.807, 2.05) is 31.2 Å². The first-order valence-electron chi connectivity index (χ1n) is 7.21. The van der Waals surface area contributed by atoms with Crippen molar-refractivity contribution in [2.24, 2.45) is 0 Å². The highest BCUT2D eigenvalue weighted by Gasteiger charge is 2.12. The van der Waals surface area contributed by atoms with Crippen LogP contribution in [0.4, 0.5) is 5.69 Å². The molecule has 1 aromatic carbocycles. The van der Waals surface area contributed by atoms with E-state index in [2.05, 4.69) is 10.3 Å². The fraction of sp³-hybridized carbons (Fsp3) is 0.375. The molecule has 1 aromatic heterocycles. The van der Waals surface area contributed by atoms with Crippen LogP contribution in [0.5, 0.6) is 5.75 Å².